The SMILES string of the molecule is C[Si](C)(C)C.C[Si]C.[B].[B]. The second kappa shape index (κ2) is 12.3. The Kier molecular flexibility index (Phi) is 27.5. The van der Waals surface area contributed by atoms with Crippen molar-refractivity contribution in [3.63, 3.8) is 0 Å². The highest BCUT2D eigenvalue weighted by Crippen LogP contribution is 1.94. The number of hydrogen-bond donors (Lipinski definition) is 0. The minimum Gasteiger partial charge on any atom is -0.0735 e. The molecule has 10 heavy (non-hydrogen) atoms. The third kappa shape index (κ3) is 1540. The molecule has 0 aliphatic carbocycles. The lowest BCUT2D eigenvalue weighted by Crippen LogP contribution is -2.10. The van der Waals surface area contributed by atoms with Gasteiger partial charge in [-0.25, -0.2) is 0 Å². The van der Waals surface area contributed by atoms with Crippen molar-refractivity contribution in [1.29, 1.82) is 0 Å². The van der Waals surface area contributed by atoms with Gasteiger partial charge in [0.1, 0.15) is 0 Å². The fourth-order valence-electron chi connectivity index (χ4n) is 0. The van der Waals surface area contributed by atoms with Crippen LogP contribution in [-0.2, 0) is 0 Å². The van der Waals surface area contributed by atoms with Crippen LogP contribution in [0, 0.1) is 0 Å². The maximum atomic E-state index is 2.33. The van der Waals surface area contributed by atoms with Crippen LogP contribution in [0.25, 0.3) is 0 Å². The van der Waals surface area contributed by atoms with Gasteiger partial charge in [-0.05, 0) is 0 Å². The van der Waals surface area contributed by atoms with Gasteiger partial charge in [-0.1, -0.05) is 39.3 Å². The molecular formula is C6H18B2Si2. The van der Waals surface area contributed by atoms with Gasteiger partial charge in [0.2, 0.25) is 0 Å². The number of hydrogen-bond acceptors (Lipinski definition) is 0. The van der Waals surface area contributed by atoms with Crippen LogP contribution in [0.15, 0.2) is 0 Å². The molecule has 0 saturated carbocycles. The maximum Gasteiger partial charge on any atom is 0.0411 e. The van der Waals surface area contributed by atoms with Gasteiger partial charge in [-0.15, -0.1) is 0 Å². The van der Waals surface area contributed by atoms with E-state index in [4.69, 9.17) is 0 Å². The van der Waals surface area contributed by atoms with Gasteiger partial charge in [0.15, 0.2) is 0 Å². The highest BCUT2D eigenvalue weighted by molar-refractivity contribution is 6.74. The second-order valence-electron chi connectivity index (χ2n) is 3.50. The topological polar surface area (TPSA) is 0 Å². The molecule has 0 aliphatic heterocycles. The molecule has 0 atom stereocenters. The van der Waals surface area contributed by atoms with Gasteiger partial charge < -0.3 is 0 Å². The van der Waals surface area contributed by atoms with Crippen molar-refractivity contribution in [3.05, 3.63) is 0 Å². The standard InChI is InChI=1S/C4H12Si.C2H6Si.2B/c1-5(2,3)4;1-3-2;;/h1-4H3;1-2H3;;. The fraction of sp³-hybridized carbons (Fsp3) is 1.00. The van der Waals surface area contributed by atoms with Crippen LogP contribution >= 0.6 is 0 Å². The Balaban J connectivity index is -0.0000000326. The first-order valence-corrected chi connectivity index (χ1v) is 9.00. The average molecular weight is 168 g/mol. The van der Waals surface area contributed by atoms with Gasteiger partial charge in [0, 0.05) is 34.4 Å². The first kappa shape index (κ1) is 22.4. The van der Waals surface area contributed by atoms with Crippen molar-refractivity contribution in [2.75, 3.05) is 0 Å². The summed E-state index contributed by atoms with van der Waals surface area (Å²) in [6.07, 6.45) is 0. The van der Waals surface area contributed by atoms with Crippen molar-refractivity contribution in [2.24, 2.45) is 0 Å². The van der Waals surface area contributed by atoms with Crippen LogP contribution in [0.4, 0.5) is 0 Å². The lowest BCUT2D eigenvalue weighted by atomic mass is 10.8. The van der Waals surface area contributed by atoms with E-state index in [9.17, 15) is 0 Å². The highest BCUT2D eigenvalue weighted by atomic mass is 28.3. The summed E-state index contributed by atoms with van der Waals surface area (Å²) in [6, 6.07) is 0. The summed E-state index contributed by atoms with van der Waals surface area (Å²) in [5.41, 5.74) is 0. The minimum atomic E-state index is -0.611. The van der Waals surface area contributed by atoms with Crippen molar-refractivity contribution in [2.45, 2.75) is 39.3 Å². The summed E-state index contributed by atoms with van der Waals surface area (Å²) in [6.45, 7) is 13.6. The smallest absolute Gasteiger partial charge is 0.0411 e. The van der Waals surface area contributed by atoms with E-state index >= 15 is 0 Å². The molecule has 0 aliphatic rings. The highest BCUT2D eigenvalue weighted by Gasteiger charge is 1.99. The summed E-state index contributed by atoms with van der Waals surface area (Å²) < 4.78 is 0. The zero-order valence-corrected chi connectivity index (χ0v) is 10.2. The molecule has 56 valence electrons. The van der Waals surface area contributed by atoms with E-state index in [-0.39, 0.29) is 16.8 Å². The Hall–Kier alpha value is 0.564. The Morgan fingerprint density at radius 3 is 0.800 bits per heavy atom. The lowest BCUT2D eigenvalue weighted by Gasteiger charge is -2.01. The van der Waals surface area contributed by atoms with E-state index in [0.717, 1.165) is 9.52 Å². The van der Waals surface area contributed by atoms with Gasteiger partial charge in [-0.3, -0.25) is 0 Å². The zero-order valence-electron chi connectivity index (χ0n) is 8.15. The van der Waals surface area contributed by atoms with Crippen LogP contribution in [0.5, 0.6) is 0 Å². The Bertz CT molecular complexity index is 37.5. The molecule has 0 saturated heterocycles. The average Bonchev–Trinajstić information content (AvgIpc) is 1.27. The summed E-state index contributed by atoms with van der Waals surface area (Å²) in [5, 5.41) is 0. The van der Waals surface area contributed by atoms with E-state index in [1.54, 1.807) is 0 Å². The predicted molar refractivity (Wildman–Crippen MR) is 58.2 cm³/mol. The molecule has 0 unspecified atom stereocenters. The maximum absolute atomic E-state index is 2.33. The van der Waals surface area contributed by atoms with Crippen molar-refractivity contribution < 1.29 is 0 Å². The molecule has 0 N–H and O–H groups in total. The summed E-state index contributed by atoms with van der Waals surface area (Å²) >= 11 is 0. The van der Waals surface area contributed by atoms with Gasteiger partial charge in [0.05, 0.1) is 0 Å². The molecular weight excluding hydrogens is 150 g/mol. The van der Waals surface area contributed by atoms with E-state index in [0.29, 0.717) is 0 Å². The van der Waals surface area contributed by atoms with E-state index in [1.807, 2.05) is 0 Å². The third-order valence-corrected chi connectivity index (χ3v) is 0. The van der Waals surface area contributed by atoms with E-state index in [1.165, 1.54) is 0 Å². The molecule has 0 aromatic heterocycles. The molecule has 0 nitrogen and oxygen atoms in total. The minimum absolute atomic E-state index is 0. The van der Waals surface area contributed by atoms with E-state index in [2.05, 4.69) is 39.3 Å². The van der Waals surface area contributed by atoms with Gasteiger partial charge in [-0.2, -0.15) is 0 Å². The van der Waals surface area contributed by atoms with Crippen molar-refractivity contribution in [3.8, 4) is 0 Å². The van der Waals surface area contributed by atoms with Crippen LogP contribution in [0.3, 0.4) is 0 Å². The first-order chi connectivity index (χ1) is 3.41. The molecule has 0 spiro atoms. The van der Waals surface area contributed by atoms with Crippen LogP contribution < -0.4 is 0 Å². The molecule has 8 radical (unpaired) electrons. The largest absolute Gasteiger partial charge is 0.0735 e. The van der Waals surface area contributed by atoms with Gasteiger partial charge in [0.25, 0.3) is 0 Å². The molecule has 4 heteroatoms. The summed E-state index contributed by atoms with van der Waals surface area (Å²) in [4.78, 5) is 0. The summed E-state index contributed by atoms with van der Waals surface area (Å²) in [5.74, 6) is 0. The summed E-state index contributed by atoms with van der Waals surface area (Å²) in [7, 11) is 0.472. The quantitative estimate of drug-likeness (QED) is 0.485. The predicted octanol–water partition coefficient (Wildman–Crippen LogP) is 1.98. The van der Waals surface area contributed by atoms with Crippen molar-refractivity contribution >= 4 is 34.4 Å². The lowest BCUT2D eigenvalue weighted by molar-refractivity contribution is 1.71. The second-order valence-corrected chi connectivity index (χ2v) is 10.5. The molecule has 0 aromatic rings. The first-order valence-electron chi connectivity index (χ1n) is 3.00. The van der Waals surface area contributed by atoms with Gasteiger partial charge >= 0.3 is 0 Å². The Morgan fingerprint density at radius 2 is 0.800 bits per heavy atom. The molecule has 0 heterocycles. The van der Waals surface area contributed by atoms with Crippen LogP contribution in [0.2, 0.25) is 39.3 Å². The monoisotopic (exact) mass is 168 g/mol. The third-order valence-electron chi connectivity index (χ3n) is 0. The van der Waals surface area contributed by atoms with E-state index < -0.39 is 8.07 Å². The number of rotatable bonds is 0. The fourth-order valence-corrected chi connectivity index (χ4v) is 0. The molecule has 0 fully saturated rings. The molecule has 0 bridgehead atoms. The van der Waals surface area contributed by atoms with Crippen molar-refractivity contribution in [1.82, 2.24) is 0 Å². The molecule has 0 aromatic carbocycles. The molecule has 0 amide bonds. The zero-order chi connectivity index (χ0) is 7.21. The Labute approximate surface area is 74.2 Å². The van der Waals surface area contributed by atoms with Crippen LogP contribution in [-0.4, -0.2) is 34.4 Å². The Morgan fingerprint density at radius 1 is 0.800 bits per heavy atom. The normalized spacial score (nSPS) is 7.80. The molecule has 0 rings (SSSR count). The van der Waals surface area contributed by atoms with Crippen LogP contribution in [0.1, 0.15) is 0 Å².